The van der Waals surface area contributed by atoms with Crippen LogP contribution in [0.5, 0.6) is 0 Å². The molecule has 6 N–H and O–H groups in total. The summed E-state index contributed by atoms with van der Waals surface area (Å²) in [7, 11) is 0. The van der Waals surface area contributed by atoms with Gasteiger partial charge in [-0.15, -0.1) is 0 Å². The normalized spacial score (nSPS) is 10.7. The molecular weight excluding hydrogens is 750 g/mol. The van der Waals surface area contributed by atoms with Gasteiger partial charge in [-0.3, -0.25) is 28.8 Å². The first-order valence-electron chi connectivity index (χ1n) is 10.2. The van der Waals surface area contributed by atoms with Crippen LogP contribution in [0.3, 0.4) is 0 Å². The van der Waals surface area contributed by atoms with E-state index in [4.69, 9.17) is 30.6 Å². The molecule has 0 aliphatic heterocycles. The summed E-state index contributed by atoms with van der Waals surface area (Å²) >= 11 is 0. The second-order valence-corrected chi connectivity index (χ2v) is 6.54. The Labute approximate surface area is 285 Å². The fourth-order valence-electron chi connectivity index (χ4n) is 0.985. The summed E-state index contributed by atoms with van der Waals surface area (Å²) in [6.07, 6.45) is 3.00. The third-order valence-electron chi connectivity index (χ3n) is 1.93. The van der Waals surface area contributed by atoms with E-state index in [0.29, 0.717) is 36.5 Å². The number of hydrogen-bond donors (Lipinski definition) is 6. The molecule has 0 amide bonds. The largest absolute Gasteiger partial charge is 0.512 e. The van der Waals surface area contributed by atoms with Crippen molar-refractivity contribution in [2.24, 2.45) is 0 Å². The molecule has 0 heterocycles. The van der Waals surface area contributed by atoms with Gasteiger partial charge < -0.3 is 30.6 Å². The van der Waals surface area contributed by atoms with Gasteiger partial charge >= 0.3 is 36.2 Å². The van der Waals surface area contributed by atoms with Gasteiger partial charge in [0.1, 0.15) is 0 Å². The van der Waals surface area contributed by atoms with E-state index in [2.05, 4.69) is 0 Å². The molecule has 0 atom stereocenters. The molecule has 0 aliphatic rings. The first-order chi connectivity index (χ1) is 18.8. The van der Waals surface area contributed by atoms with Gasteiger partial charge in [0, 0.05) is 52.1 Å². The molecule has 12 nitrogen and oxygen atoms in total. The average molecular weight is 780 g/mol. The van der Waals surface area contributed by atoms with Crippen LogP contribution < -0.4 is 0 Å². The standard InChI is InChI=1S/6C4H5FO2.3Cr/c6*1-3(6)2-4(5)7;;;/h6*2,6H,1H3;;;/b3-2+;5*3-2-;;;. The SMILES string of the molecule is C/C(O)=C/C(=O)F.C/C(O)=C/C(=O)F.C/C(O)=C/C(=O)F.C/C(O)=C/C(=O)F.C/C(O)=C/C(=O)F.C/C(O)=C\C(=O)F.[Cr].[Cr].[Cr]. The van der Waals surface area contributed by atoms with E-state index in [1.54, 1.807) is 0 Å². The summed E-state index contributed by atoms with van der Waals surface area (Å²) in [5, 5.41) is 48.7. The number of carbonyl (C=O) groups is 6. The molecule has 0 aromatic carbocycles. The molecule has 0 saturated heterocycles. The Morgan fingerprint density at radius 3 is 0.378 bits per heavy atom. The quantitative estimate of drug-likeness (QED) is 0.0832. The number of carbonyl (C=O) groups excluding carboxylic acids is 6. The second kappa shape index (κ2) is 42.6. The van der Waals surface area contributed by atoms with Gasteiger partial charge in [0.05, 0.1) is 71.0 Å². The third-order valence-corrected chi connectivity index (χ3v) is 1.93. The van der Waals surface area contributed by atoms with Crippen molar-refractivity contribution in [3.05, 3.63) is 71.0 Å². The Morgan fingerprint density at radius 1 is 0.311 bits per heavy atom. The molecule has 0 aromatic heterocycles. The topological polar surface area (TPSA) is 224 Å². The summed E-state index contributed by atoms with van der Waals surface area (Å²) in [6.45, 7) is 7.32. The zero-order chi connectivity index (χ0) is 35.2. The predicted molar refractivity (Wildman–Crippen MR) is 135 cm³/mol. The molecule has 0 aliphatic carbocycles. The maximum Gasteiger partial charge on any atom is 0.328 e. The molecule has 21 heteroatoms. The summed E-state index contributed by atoms with van der Waals surface area (Å²) < 4.78 is 66.5. The smallest absolute Gasteiger partial charge is 0.328 e. The zero-order valence-corrected chi connectivity index (χ0v) is 27.9. The predicted octanol–water partition coefficient (Wildman–Crippen LogP) is 5.66. The molecule has 0 fully saturated rings. The van der Waals surface area contributed by atoms with E-state index >= 15 is 0 Å². The minimum absolute atomic E-state index is 0. The van der Waals surface area contributed by atoms with E-state index in [-0.39, 0.29) is 86.6 Å². The van der Waals surface area contributed by atoms with Crippen LogP contribution in [-0.2, 0) is 80.9 Å². The fourth-order valence-corrected chi connectivity index (χ4v) is 0.985. The van der Waals surface area contributed by atoms with Crippen LogP contribution in [0.4, 0.5) is 26.3 Å². The van der Waals surface area contributed by atoms with Crippen LogP contribution in [-0.4, -0.2) is 66.9 Å². The maximum atomic E-state index is 11.1. The fraction of sp³-hybridized carbons (Fsp3) is 0.250. The van der Waals surface area contributed by atoms with Crippen molar-refractivity contribution >= 4 is 36.2 Å². The summed E-state index contributed by atoms with van der Waals surface area (Å²) in [6, 6.07) is -9.75. The molecule has 0 bridgehead atoms. The van der Waals surface area contributed by atoms with Crippen molar-refractivity contribution in [1.29, 1.82) is 0 Å². The average Bonchev–Trinajstić information content (AvgIpc) is 2.63. The van der Waals surface area contributed by atoms with Crippen molar-refractivity contribution in [2.45, 2.75) is 41.5 Å². The minimum atomic E-state index is -1.62. The van der Waals surface area contributed by atoms with Gasteiger partial charge in [0.15, 0.2) is 0 Å². The number of halogens is 6. The molecule has 0 rings (SSSR count). The van der Waals surface area contributed by atoms with E-state index in [0.717, 1.165) is 0 Å². The van der Waals surface area contributed by atoms with Crippen LogP contribution >= 0.6 is 0 Å². The molecule has 258 valence electrons. The Morgan fingerprint density at radius 2 is 0.378 bits per heavy atom. The number of aliphatic hydroxyl groups is 6. The molecule has 0 radical (unpaired) electrons. The van der Waals surface area contributed by atoms with Crippen LogP contribution in [0.25, 0.3) is 0 Å². The Balaban J connectivity index is -0.0000000487. The third kappa shape index (κ3) is 143. The first-order valence-corrected chi connectivity index (χ1v) is 10.2. The molecule has 0 aromatic rings. The van der Waals surface area contributed by atoms with Crippen molar-refractivity contribution in [1.82, 2.24) is 0 Å². The Hall–Kier alpha value is -3.56. The van der Waals surface area contributed by atoms with E-state index in [1.165, 1.54) is 41.5 Å². The molecular formula is C24H30Cr3F6O12. The molecule has 0 unspecified atom stereocenters. The van der Waals surface area contributed by atoms with Gasteiger partial charge in [-0.05, 0) is 41.5 Å². The van der Waals surface area contributed by atoms with Crippen molar-refractivity contribution < 1.29 is 138 Å². The van der Waals surface area contributed by atoms with Crippen LogP contribution in [0, 0.1) is 0 Å². The van der Waals surface area contributed by atoms with Crippen LogP contribution in [0.2, 0.25) is 0 Å². The Kier molecular flexibility index (Phi) is 60.9. The second-order valence-electron chi connectivity index (χ2n) is 6.54. The number of aliphatic hydroxyl groups excluding tert-OH is 6. The van der Waals surface area contributed by atoms with E-state index < -0.39 is 36.2 Å². The van der Waals surface area contributed by atoms with Gasteiger partial charge in [-0.1, -0.05) is 0 Å². The monoisotopic (exact) mass is 780 g/mol. The number of rotatable bonds is 6. The van der Waals surface area contributed by atoms with Crippen molar-refractivity contribution in [3.63, 3.8) is 0 Å². The molecule has 45 heavy (non-hydrogen) atoms. The summed E-state index contributed by atoms with van der Waals surface area (Å²) in [4.78, 5) is 56.1. The van der Waals surface area contributed by atoms with Gasteiger partial charge in [0.25, 0.3) is 0 Å². The maximum absolute atomic E-state index is 11.1. The van der Waals surface area contributed by atoms with E-state index in [9.17, 15) is 55.1 Å². The summed E-state index contributed by atoms with van der Waals surface area (Å²) in [5.74, 6) is -1.87. The number of hydrogen-bond acceptors (Lipinski definition) is 12. The molecule has 0 saturated carbocycles. The van der Waals surface area contributed by atoms with Crippen LogP contribution in [0.15, 0.2) is 71.0 Å². The van der Waals surface area contributed by atoms with Gasteiger partial charge in [-0.2, -0.15) is 26.3 Å². The van der Waals surface area contributed by atoms with Crippen molar-refractivity contribution in [2.75, 3.05) is 0 Å². The van der Waals surface area contributed by atoms with E-state index in [1.807, 2.05) is 0 Å². The van der Waals surface area contributed by atoms with Crippen molar-refractivity contribution in [3.8, 4) is 0 Å². The molecule has 0 spiro atoms. The van der Waals surface area contributed by atoms with Crippen LogP contribution in [0.1, 0.15) is 41.5 Å². The van der Waals surface area contributed by atoms with Gasteiger partial charge in [-0.25, -0.2) is 0 Å². The first kappa shape index (κ1) is 64.4. The Bertz CT molecular complexity index is 847. The zero-order valence-electron chi connectivity index (χ0n) is 24.1. The number of allylic oxidation sites excluding steroid dienone is 12. The minimum Gasteiger partial charge on any atom is -0.512 e. The van der Waals surface area contributed by atoms with Gasteiger partial charge in [0.2, 0.25) is 0 Å². The summed E-state index contributed by atoms with van der Waals surface area (Å²) in [5.41, 5.74) is 0.